The molecular weight excluding hydrogens is 758 g/mol. The van der Waals surface area contributed by atoms with Gasteiger partial charge >= 0.3 is 17.8 Å². The van der Waals surface area contributed by atoms with Crippen molar-refractivity contribution in [2.45, 2.75) is 37.2 Å². The minimum atomic E-state index is -1.54. The fraction of sp³-hybridized carbons (Fsp3) is 0.417. The number of carbonyl (C=O) groups excluding carboxylic acids is 7. The van der Waals surface area contributed by atoms with Crippen LogP contribution in [0, 0.1) is 0 Å². The number of carboxylic acids is 1. The van der Waals surface area contributed by atoms with Gasteiger partial charge in [0.25, 0.3) is 11.8 Å². The summed E-state index contributed by atoms with van der Waals surface area (Å²) in [6.45, 7) is 4.35. The van der Waals surface area contributed by atoms with Crippen LogP contribution in [0.25, 0.3) is 0 Å². The van der Waals surface area contributed by atoms with E-state index in [4.69, 9.17) is 11.6 Å². The first-order valence-electron chi connectivity index (χ1n) is 17.7. The van der Waals surface area contributed by atoms with E-state index in [1.165, 1.54) is 22.7 Å². The second-order valence-corrected chi connectivity index (χ2v) is 15.2. The van der Waals surface area contributed by atoms with E-state index in [9.17, 15) is 48.9 Å². The normalized spacial score (nSPS) is 21.1. The van der Waals surface area contributed by atoms with Gasteiger partial charge in [-0.3, -0.25) is 33.8 Å². The molecule has 5 N–H and O–H groups in total. The summed E-state index contributed by atoms with van der Waals surface area (Å²) in [6.07, 6.45) is 1.73. The quantitative estimate of drug-likeness (QED) is 0.0806. The van der Waals surface area contributed by atoms with Crippen molar-refractivity contribution < 1.29 is 53.4 Å². The number of aromatic hydroxyl groups is 2. The maximum absolute atomic E-state index is 13.8. The largest absolute Gasteiger partial charge is 0.543 e. The SMILES string of the molecule is CCN1CCN(C(=O)N[C@@H](C(=O)N[C@@H]2C(=O)N3C(C(=O)[O-])=C(C[N+]4(CCNC(=O)c5ccc(O)c(O)c5Cl)CCCC4)CS[C@H]23)c2ccccc2)C(=O)C1=O. The first-order valence-corrected chi connectivity index (χ1v) is 19.2. The zero-order valence-corrected chi connectivity index (χ0v) is 31.4. The summed E-state index contributed by atoms with van der Waals surface area (Å²) in [5, 5.41) is 39.1. The van der Waals surface area contributed by atoms with E-state index in [0.29, 0.717) is 41.8 Å². The molecule has 4 aliphatic rings. The van der Waals surface area contributed by atoms with Crippen molar-refractivity contribution >= 4 is 64.9 Å². The van der Waals surface area contributed by atoms with E-state index in [1.807, 2.05) is 0 Å². The third-order valence-corrected chi connectivity index (χ3v) is 12.1. The predicted octanol–water partition coefficient (Wildman–Crippen LogP) is -0.363. The van der Waals surface area contributed by atoms with Crippen LogP contribution in [0.15, 0.2) is 53.7 Å². The molecule has 2 aromatic carbocycles. The zero-order valence-electron chi connectivity index (χ0n) is 29.8. The fourth-order valence-corrected chi connectivity index (χ4v) is 9.03. The number of thioether (sulfide) groups is 1. The summed E-state index contributed by atoms with van der Waals surface area (Å²) in [4.78, 5) is 94.4. The highest BCUT2D eigenvalue weighted by atomic mass is 35.5. The fourth-order valence-electron chi connectivity index (χ4n) is 7.45. The van der Waals surface area contributed by atoms with Gasteiger partial charge in [-0.25, -0.2) is 4.79 Å². The number of phenols is 2. The number of piperazine rings is 1. The summed E-state index contributed by atoms with van der Waals surface area (Å²) >= 11 is 7.33. The van der Waals surface area contributed by atoms with Crippen molar-refractivity contribution in [2.75, 3.05) is 58.1 Å². The molecule has 7 amide bonds. The lowest BCUT2D eigenvalue weighted by molar-refractivity contribution is -0.911. The van der Waals surface area contributed by atoms with Crippen LogP contribution in [0.1, 0.15) is 41.7 Å². The number of phenolic OH excluding ortho intramolecular Hbond substituents is 2. The number of urea groups is 1. The molecule has 0 aromatic heterocycles. The van der Waals surface area contributed by atoms with Crippen LogP contribution >= 0.6 is 23.4 Å². The van der Waals surface area contributed by atoms with Gasteiger partial charge in [-0.1, -0.05) is 41.9 Å². The van der Waals surface area contributed by atoms with Crippen molar-refractivity contribution in [1.29, 1.82) is 0 Å². The topological polar surface area (TPSA) is 229 Å². The van der Waals surface area contributed by atoms with Gasteiger partial charge < -0.3 is 45.4 Å². The number of nitrogens with zero attached hydrogens (tertiary/aromatic N) is 4. The summed E-state index contributed by atoms with van der Waals surface area (Å²) in [6, 6.07) is 7.13. The summed E-state index contributed by atoms with van der Waals surface area (Å²) in [5.41, 5.74) is 0.545. The van der Waals surface area contributed by atoms with Crippen LogP contribution in [0.4, 0.5) is 4.79 Å². The number of carboxylic acid groups (broad SMARTS) is 1. The Bertz CT molecular complexity index is 1960. The van der Waals surface area contributed by atoms with Crippen molar-refractivity contribution in [1.82, 2.24) is 30.7 Å². The Morgan fingerprint density at radius 3 is 2.40 bits per heavy atom. The molecule has 17 nitrogen and oxygen atoms in total. The van der Waals surface area contributed by atoms with Gasteiger partial charge in [-0.05, 0) is 24.6 Å². The lowest BCUT2D eigenvalue weighted by atomic mass is 10.0. The maximum Gasteiger partial charge on any atom is 0.325 e. The first kappa shape index (κ1) is 39.4. The summed E-state index contributed by atoms with van der Waals surface area (Å²) < 4.78 is 0.439. The molecule has 0 unspecified atom stereocenters. The Balaban J connectivity index is 1.14. The monoisotopic (exact) mass is 797 g/mol. The molecule has 0 aliphatic carbocycles. The number of carbonyl (C=O) groups is 7. The Morgan fingerprint density at radius 2 is 1.73 bits per heavy atom. The molecule has 55 heavy (non-hydrogen) atoms. The molecule has 0 saturated carbocycles. The highest BCUT2D eigenvalue weighted by molar-refractivity contribution is 8.00. The molecule has 19 heteroatoms. The average molecular weight is 798 g/mol. The highest BCUT2D eigenvalue weighted by Gasteiger charge is 2.54. The van der Waals surface area contributed by atoms with Gasteiger partial charge in [-0.15, -0.1) is 11.8 Å². The Morgan fingerprint density at radius 1 is 1.02 bits per heavy atom. The van der Waals surface area contributed by atoms with E-state index in [1.54, 1.807) is 37.3 Å². The van der Waals surface area contributed by atoms with Gasteiger partial charge in [0.15, 0.2) is 11.5 Å². The number of hydrogen-bond acceptors (Lipinski definition) is 11. The number of rotatable bonds is 12. The third kappa shape index (κ3) is 7.79. The Kier molecular flexibility index (Phi) is 11.6. The van der Waals surface area contributed by atoms with E-state index in [2.05, 4.69) is 16.0 Å². The number of halogens is 1. The van der Waals surface area contributed by atoms with E-state index < -0.39 is 70.5 Å². The number of hydrogen-bond donors (Lipinski definition) is 5. The smallest absolute Gasteiger partial charge is 0.325 e. The number of aliphatic carboxylic acids is 1. The molecule has 3 fully saturated rings. The molecule has 0 bridgehead atoms. The molecule has 4 heterocycles. The van der Waals surface area contributed by atoms with Crippen molar-refractivity contribution in [3.05, 3.63) is 69.9 Å². The van der Waals surface area contributed by atoms with Crippen LogP contribution in [-0.4, -0.2) is 140 Å². The van der Waals surface area contributed by atoms with Crippen molar-refractivity contribution in [2.24, 2.45) is 0 Å². The van der Waals surface area contributed by atoms with Gasteiger partial charge in [0.2, 0.25) is 5.91 Å². The number of β-lactam (4-membered cyclic amide) rings is 1. The molecule has 6 rings (SSSR count). The van der Waals surface area contributed by atoms with Crippen molar-refractivity contribution in [3.8, 4) is 11.5 Å². The minimum Gasteiger partial charge on any atom is -0.543 e. The van der Waals surface area contributed by atoms with E-state index in [-0.39, 0.29) is 48.2 Å². The minimum absolute atomic E-state index is 0.0194. The number of nitrogens with one attached hydrogen (secondary N) is 3. The zero-order chi connectivity index (χ0) is 39.6. The van der Waals surface area contributed by atoms with Crippen LogP contribution < -0.4 is 21.1 Å². The molecule has 2 aromatic rings. The maximum atomic E-state index is 13.8. The molecule has 3 saturated heterocycles. The number of likely N-dealkylation sites (N-methyl/N-ethyl adjacent to an activating group) is 1. The van der Waals surface area contributed by atoms with E-state index in [0.717, 1.165) is 28.7 Å². The van der Waals surface area contributed by atoms with Crippen molar-refractivity contribution in [3.63, 3.8) is 0 Å². The van der Waals surface area contributed by atoms with Crippen LogP contribution in [0.5, 0.6) is 11.5 Å². The standard InChI is InChI=1S/C36H40ClN7O10S/c1-2-41-13-14-42(33(51)32(41)50)36(54)40-25(20-8-4-3-5-9-20)30(48)39-26-31(49)43-27(35(52)53)21(19-55-34(26)43)18-44(15-6-7-16-44)17-12-38-29(47)22-10-11-23(45)28(46)24(22)37/h3-5,8-11,25-26,34H,2,6-7,12-19H2,1H3,(H5-,38,39,40,45,46,47,48,50,51,52,53,54)/t25-,26-,34-/m1/s1. The van der Waals surface area contributed by atoms with Gasteiger partial charge in [0, 0.05) is 43.8 Å². The van der Waals surface area contributed by atoms with Crippen LogP contribution in [0.2, 0.25) is 5.02 Å². The summed E-state index contributed by atoms with van der Waals surface area (Å²) in [7, 11) is 0. The van der Waals surface area contributed by atoms with Gasteiger partial charge in [-0.2, -0.15) is 0 Å². The number of imide groups is 1. The molecule has 0 spiro atoms. The molecule has 292 valence electrons. The van der Waals surface area contributed by atoms with Crippen LogP contribution in [0.3, 0.4) is 0 Å². The highest BCUT2D eigenvalue weighted by Crippen LogP contribution is 2.41. The third-order valence-electron chi connectivity index (χ3n) is 10.4. The number of amides is 7. The lowest BCUT2D eigenvalue weighted by Gasteiger charge is -2.51. The van der Waals surface area contributed by atoms with E-state index >= 15 is 0 Å². The second kappa shape index (κ2) is 16.2. The van der Waals surface area contributed by atoms with Gasteiger partial charge in [0.1, 0.15) is 24.0 Å². The number of likely N-dealkylation sites (tertiary alicyclic amines) is 1. The molecule has 3 atom stereocenters. The Labute approximate surface area is 324 Å². The first-order chi connectivity index (χ1) is 26.3. The van der Waals surface area contributed by atoms with Crippen LogP contribution in [-0.2, 0) is 24.0 Å². The lowest BCUT2D eigenvalue weighted by Crippen LogP contribution is -2.72. The molecule has 4 aliphatic heterocycles. The number of quaternary nitrogens is 1. The predicted molar refractivity (Wildman–Crippen MR) is 195 cm³/mol. The van der Waals surface area contributed by atoms with Gasteiger partial charge in [0.05, 0.1) is 48.4 Å². The average Bonchev–Trinajstić information content (AvgIpc) is 3.63. The molecule has 0 radical (unpaired) electrons. The number of benzene rings is 2. The molecular formula is C36H40ClN7O10S. The summed E-state index contributed by atoms with van der Waals surface area (Å²) in [5.74, 6) is -6.26. The Hall–Kier alpha value is -5.33. The second-order valence-electron chi connectivity index (χ2n) is 13.7. The number of fused-ring (bicyclic) bond motifs is 1.